The van der Waals surface area contributed by atoms with Gasteiger partial charge in [-0.1, -0.05) is 35.9 Å². The number of hydrogen-bond donors (Lipinski definition) is 0. The van der Waals surface area contributed by atoms with Crippen LogP contribution in [-0.2, 0) is 6.54 Å². The molecule has 1 heterocycles. The molecule has 24 heavy (non-hydrogen) atoms. The Kier molecular flexibility index (Phi) is 4.89. The molecular weight excluding hydrogens is 296 g/mol. The fourth-order valence-electron chi connectivity index (χ4n) is 3.50. The molecule has 1 aliphatic heterocycles. The van der Waals surface area contributed by atoms with Crippen molar-refractivity contribution in [1.29, 1.82) is 0 Å². The summed E-state index contributed by atoms with van der Waals surface area (Å²) < 4.78 is 0. The lowest BCUT2D eigenvalue weighted by Gasteiger charge is -2.25. The van der Waals surface area contributed by atoms with E-state index in [1.165, 1.54) is 29.7 Å². The van der Waals surface area contributed by atoms with Gasteiger partial charge in [-0.2, -0.15) is 0 Å². The number of rotatable bonds is 4. The molecule has 1 aliphatic rings. The summed E-state index contributed by atoms with van der Waals surface area (Å²) in [6.07, 6.45) is 2.51. The predicted molar refractivity (Wildman–Crippen MR) is 99.6 cm³/mol. The largest absolute Gasteiger partial charge is 0.371 e. The van der Waals surface area contributed by atoms with Crippen molar-refractivity contribution >= 4 is 11.6 Å². The molecule has 0 N–H and O–H groups in total. The first-order valence-electron chi connectivity index (χ1n) is 8.72. The molecule has 0 bridgehead atoms. The van der Waals surface area contributed by atoms with Gasteiger partial charge in [0.05, 0.1) is 0 Å². The van der Waals surface area contributed by atoms with Crippen molar-refractivity contribution in [3.05, 3.63) is 64.7 Å². The molecule has 0 spiro atoms. The van der Waals surface area contributed by atoms with Gasteiger partial charge in [0.2, 0.25) is 0 Å². The summed E-state index contributed by atoms with van der Waals surface area (Å²) in [4.78, 5) is 17.1. The van der Waals surface area contributed by atoms with Crippen LogP contribution >= 0.6 is 0 Å². The lowest BCUT2D eigenvalue weighted by atomic mass is 10.0. The average Bonchev–Trinajstić information content (AvgIpc) is 3.09. The predicted octanol–water partition coefficient (Wildman–Crippen LogP) is 4.18. The van der Waals surface area contributed by atoms with Crippen LogP contribution in [0.1, 0.15) is 39.9 Å². The highest BCUT2D eigenvalue weighted by Crippen LogP contribution is 2.26. The minimum Gasteiger partial charge on any atom is -0.371 e. The normalized spacial score (nSPS) is 14.0. The zero-order valence-electron chi connectivity index (χ0n) is 14.9. The van der Waals surface area contributed by atoms with Gasteiger partial charge in [-0.25, -0.2) is 0 Å². The van der Waals surface area contributed by atoms with Crippen molar-refractivity contribution in [2.75, 3.05) is 25.0 Å². The molecular formula is C21H26N2O. The highest BCUT2D eigenvalue weighted by molar-refractivity contribution is 5.95. The first-order valence-corrected chi connectivity index (χ1v) is 8.72. The van der Waals surface area contributed by atoms with Crippen LogP contribution in [0, 0.1) is 13.8 Å². The summed E-state index contributed by atoms with van der Waals surface area (Å²) in [5.74, 6) is 0.0868. The van der Waals surface area contributed by atoms with E-state index in [1.54, 1.807) is 0 Å². The molecule has 0 aromatic heterocycles. The zero-order valence-corrected chi connectivity index (χ0v) is 14.9. The fourth-order valence-corrected chi connectivity index (χ4v) is 3.50. The van der Waals surface area contributed by atoms with Crippen molar-refractivity contribution in [1.82, 2.24) is 4.90 Å². The molecule has 126 valence electrons. The third-order valence-corrected chi connectivity index (χ3v) is 4.80. The SMILES string of the molecule is Cc1ccc(C(=O)N(C)Cc2ccccc2N2CCCC2)c(C)c1. The highest BCUT2D eigenvalue weighted by Gasteiger charge is 2.19. The number of carbonyl (C=O) groups is 1. The van der Waals surface area contributed by atoms with Crippen molar-refractivity contribution in [2.24, 2.45) is 0 Å². The van der Waals surface area contributed by atoms with E-state index >= 15 is 0 Å². The molecule has 1 fully saturated rings. The lowest BCUT2D eigenvalue weighted by molar-refractivity contribution is 0.0784. The van der Waals surface area contributed by atoms with Crippen molar-refractivity contribution in [3.8, 4) is 0 Å². The van der Waals surface area contributed by atoms with E-state index in [9.17, 15) is 4.79 Å². The standard InChI is InChI=1S/C21H26N2O/c1-16-10-11-19(17(2)14-16)21(24)22(3)15-18-8-4-5-9-20(18)23-12-6-7-13-23/h4-5,8-11,14H,6-7,12-13,15H2,1-3H3. The summed E-state index contributed by atoms with van der Waals surface area (Å²) in [6, 6.07) is 14.5. The molecule has 0 unspecified atom stereocenters. The van der Waals surface area contributed by atoms with E-state index in [0.717, 1.165) is 24.2 Å². The van der Waals surface area contributed by atoms with Gasteiger partial charge >= 0.3 is 0 Å². The Hall–Kier alpha value is -2.29. The first-order chi connectivity index (χ1) is 11.6. The van der Waals surface area contributed by atoms with E-state index < -0.39 is 0 Å². The summed E-state index contributed by atoms with van der Waals surface area (Å²) in [5, 5.41) is 0. The Bertz CT molecular complexity index is 732. The smallest absolute Gasteiger partial charge is 0.254 e. The van der Waals surface area contributed by atoms with Gasteiger partial charge in [-0.05, 0) is 49.9 Å². The Labute approximate surface area is 144 Å². The molecule has 0 atom stereocenters. The second kappa shape index (κ2) is 7.08. The molecule has 3 nitrogen and oxygen atoms in total. The van der Waals surface area contributed by atoms with Gasteiger partial charge in [0, 0.05) is 37.9 Å². The molecule has 1 amide bonds. The molecule has 3 rings (SSSR count). The number of amides is 1. The van der Waals surface area contributed by atoms with Crippen LogP contribution < -0.4 is 4.90 Å². The van der Waals surface area contributed by atoms with Crippen LogP contribution in [0.25, 0.3) is 0 Å². The van der Waals surface area contributed by atoms with Crippen LogP contribution in [-0.4, -0.2) is 30.9 Å². The Morgan fingerprint density at radius 1 is 1.08 bits per heavy atom. The molecule has 2 aromatic carbocycles. The van der Waals surface area contributed by atoms with Crippen molar-refractivity contribution < 1.29 is 4.79 Å². The molecule has 3 heteroatoms. The fraction of sp³-hybridized carbons (Fsp3) is 0.381. The Morgan fingerprint density at radius 2 is 1.79 bits per heavy atom. The van der Waals surface area contributed by atoms with E-state index in [-0.39, 0.29) is 5.91 Å². The summed E-state index contributed by atoms with van der Waals surface area (Å²) in [5.41, 5.74) is 5.52. The van der Waals surface area contributed by atoms with Crippen LogP contribution in [0.5, 0.6) is 0 Å². The number of anilines is 1. The number of carbonyl (C=O) groups excluding carboxylic acids is 1. The number of nitrogens with zero attached hydrogens (tertiary/aromatic N) is 2. The van der Waals surface area contributed by atoms with Crippen LogP contribution in [0.4, 0.5) is 5.69 Å². The molecule has 0 aliphatic carbocycles. The second-order valence-corrected chi connectivity index (χ2v) is 6.80. The molecule has 0 saturated carbocycles. The third-order valence-electron chi connectivity index (χ3n) is 4.80. The van der Waals surface area contributed by atoms with Crippen molar-refractivity contribution in [3.63, 3.8) is 0 Å². The van der Waals surface area contributed by atoms with Gasteiger partial charge in [0.1, 0.15) is 0 Å². The van der Waals surface area contributed by atoms with Crippen LogP contribution in [0.3, 0.4) is 0 Å². The number of hydrogen-bond acceptors (Lipinski definition) is 2. The second-order valence-electron chi connectivity index (χ2n) is 6.80. The van der Waals surface area contributed by atoms with Gasteiger partial charge < -0.3 is 9.80 Å². The maximum Gasteiger partial charge on any atom is 0.254 e. The minimum absolute atomic E-state index is 0.0868. The Morgan fingerprint density at radius 3 is 2.50 bits per heavy atom. The van der Waals surface area contributed by atoms with E-state index in [0.29, 0.717) is 6.54 Å². The van der Waals surface area contributed by atoms with E-state index in [4.69, 9.17) is 0 Å². The van der Waals surface area contributed by atoms with Crippen LogP contribution in [0.15, 0.2) is 42.5 Å². The van der Waals surface area contributed by atoms with Gasteiger partial charge in [-0.3, -0.25) is 4.79 Å². The van der Waals surface area contributed by atoms with Crippen LogP contribution in [0.2, 0.25) is 0 Å². The lowest BCUT2D eigenvalue weighted by Crippen LogP contribution is -2.28. The van der Waals surface area contributed by atoms with E-state index in [2.05, 4.69) is 42.2 Å². The Balaban J connectivity index is 1.79. The summed E-state index contributed by atoms with van der Waals surface area (Å²) >= 11 is 0. The first kappa shape index (κ1) is 16.6. The maximum absolute atomic E-state index is 12.8. The monoisotopic (exact) mass is 322 g/mol. The summed E-state index contributed by atoms with van der Waals surface area (Å²) in [6.45, 7) is 6.93. The van der Waals surface area contributed by atoms with E-state index in [1.807, 2.05) is 31.0 Å². The quantitative estimate of drug-likeness (QED) is 0.843. The number of aryl methyl sites for hydroxylation is 2. The van der Waals surface area contributed by atoms with Gasteiger partial charge in [0.15, 0.2) is 0 Å². The molecule has 0 radical (unpaired) electrons. The maximum atomic E-state index is 12.8. The van der Waals surface area contributed by atoms with Gasteiger partial charge in [0.25, 0.3) is 5.91 Å². The molecule has 2 aromatic rings. The topological polar surface area (TPSA) is 23.6 Å². The van der Waals surface area contributed by atoms with Gasteiger partial charge in [-0.15, -0.1) is 0 Å². The zero-order chi connectivity index (χ0) is 17.1. The number of benzene rings is 2. The number of para-hydroxylation sites is 1. The molecule has 1 saturated heterocycles. The minimum atomic E-state index is 0.0868. The summed E-state index contributed by atoms with van der Waals surface area (Å²) in [7, 11) is 1.89. The average molecular weight is 322 g/mol. The highest BCUT2D eigenvalue weighted by atomic mass is 16.2. The van der Waals surface area contributed by atoms with Crippen molar-refractivity contribution in [2.45, 2.75) is 33.2 Å². The third kappa shape index (κ3) is 3.45.